The molecule has 30 heavy (non-hydrogen) atoms. The minimum absolute atomic E-state index is 0.0401. The van der Waals surface area contributed by atoms with Gasteiger partial charge in [-0.25, -0.2) is 9.78 Å². The van der Waals surface area contributed by atoms with E-state index in [1.165, 1.54) is 30.0 Å². The molecular weight excluding hydrogens is 398 g/mol. The Bertz CT molecular complexity index is 1030. The Morgan fingerprint density at radius 2 is 1.90 bits per heavy atom. The average Bonchev–Trinajstić information content (AvgIpc) is 3.22. The predicted molar refractivity (Wildman–Crippen MR) is 118 cm³/mol. The zero-order valence-electron chi connectivity index (χ0n) is 17.3. The number of esters is 1. The zero-order valence-corrected chi connectivity index (χ0v) is 18.2. The van der Waals surface area contributed by atoms with E-state index in [4.69, 9.17) is 4.74 Å². The number of aromatic nitrogens is 2. The highest BCUT2D eigenvalue weighted by atomic mass is 32.2. The van der Waals surface area contributed by atoms with Gasteiger partial charge in [-0.05, 0) is 55.2 Å². The van der Waals surface area contributed by atoms with Crippen molar-refractivity contribution in [3.8, 4) is 5.69 Å². The molecule has 0 aliphatic carbocycles. The number of aryl methyl sites for hydroxylation is 1. The lowest BCUT2D eigenvalue weighted by Gasteiger charge is -2.12. The van der Waals surface area contributed by atoms with Crippen LogP contribution >= 0.6 is 11.8 Å². The van der Waals surface area contributed by atoms with Gasteiger partial charge in [0, 0.05) is 18.9 Å². The SMILES string of the molecule is COC(=O)c1ccc(CCNC(=O)CSc2nccn2-c2cccc(C)c2C)cc1. The number of ether oxygens (including phenoxy) is 1. The van der Waals surface area contributed by atoms with Crippen molar-refractivity contribution in [1.82, 2.24) is 14.9 Å². The van der Waals surface area contributed by atoms with E-state index in [0.29, 0.717) is 24.3 Å². The van der Waals surface area contributed by atoms with Gasteiger partial charge in [0.05, 0.1) is 24.1 Å². The predicted octanol–water partition coefficient (Wildman–Crippen LogP) is 3.73. The minimum atomic E-state index is -0.355. The quantitative estimate of drug-likeness (QED) is 0.442. The van der Waals surface area contributed by atoms with Crippen LogP contribution in [-0.2, 0) is 16.0 Å². The molecule has 156 valence electrons. The number of thioether (sulfide) groups is 1. The third kappa shape index (κ3) is 5.30. The van der Waals surface area contributed by atoms with Crippen molar-refractivity contribution in [2.45, 2.75) is 25.4 Å². The van der Waals surface area contributed by atoms with E-state index in [2.05, 4.69) is 36.3 Å². The molecule has 2 aromatic carbocycles. The molecule has 0 bridgehead atoms. The van der Waals surface area contributed by atoms with E-state index in [1.807, 2.05) is 29.0 Å². The highest BCUT2D eigenvalue weighted by Crippen LogP contribution is 2.24. The fraction of sp³-hybridized carbons (Fsp3) is 0.261. The first-order valence-electron chi connectivity index (χ1n) is 9.66. The van der Waals surface area contributed by atoms with Crippen LogP contribution in [0, 0.1) is 13.8 Å². The van der Waals surface area contributed by atoms with E-state index < -0.39 is 0 Å². The van der Waals surface area contributed by atoms with Crippen molar-refractivity contribution < 1.29 is 14.3 Å². The van der Waals surface area contributed by atoms with Gasteiger partial charge in [-0.15, -0.1) is 0 Å². The van der Waals surface area contributed by atoms with Gasteiger partial charge in [-0.2, -0.15) is 0 Å². The van der Waals surface area contributed by atoms with Crippen molar-refractivity contribution in [1.29, 1.82) is 0 Å². The molecular formula is C23H25N3O3S. The normalized spacial score (nSPS) is 10.6. The summed E-state index contributed by atoms with van der Waals surface area (Å²) < 4.78 is 6.71. The third-order valence-corrected chi connectivity index (χ3v) is 5.85. The number of methoxy groups -OCH3 is 1. The lowest BCUT2D eigenvalue weighted by Crippen LogP contribution is -2.27. The molecule has 0 spiro atoms. The summed E-state index contributed by atoms with van der Waals surface area (Å²) in [5.74, 6) is -0.101. The third-order valence-electron chi connectivity index (χ3n) is 4.89. The summed E-state index contributed by atoms with van der Waals surface area (Å²) in [5.41, 5.74) is 5.04. The van der Waals surface area contributed by atoms with E-state index in [0.717, 1.165) is 16.4 Å². The Morgan fingerprint density at radius 3 is 2.63 bits per heavy atom. The number of hydrogen-bond donors (Lipinski definition) is 1. The molecule has 3 aromatic rings. The number of hydrogen-bond acceptors (Lipinski definition) is 5. The Balaban J connectivity index is 1.50. The molecule has 3 rings (SSSR count). The molecule has 1 heterocycles. The van der Waals surface area contributed by atoms with Crippen LogP contribution in [-0.4, -0.2) is 40.8 Å². The fourth-order valence-electron chi connectivity index (χ4n) is 3.03. The molecule has 0 aliphatic rings. The molecule has 7 heteroatoms. The summed E-state index contributed by atoms with van der Waals surface area (Å²) in [4.78, 5) is 28.1. The topological polar surface area (TPSA) is 73.2 Å². The second kappa shape index (κ2) is 10.1. The number of amides is 1. The molecule has 0 atom stereocenters. The second-order valence-electron chi connectivity index (χ2n) is 6.88. The number of nitrogens with one attached hydrogen (secondary N) is 1. The molecule has 1 amide bonds. The highest BCUT2D eigenvalue weighted by Gasteiger charge is 2.11. The largest absolute Gasteiger partial charge is 0.465 e. The van der Waals surface area contributed by atoms with Crippen molar-refractivity contribution in [2.75, 3.05) is 19.4 Å². The second-order valence-corrected chi connectivity index (χ2v) is 7.82. The Labute approximate surface area is 180 Å². The van der Waals surface area contributed by atoms with Crippen LogP contribution in [0.1, 0.15) is 27.0 Å². The minimum Gasteiger partial charge on any atom is -0.465 e. The van der Waals surface area contributed by atoms with Gasteiger partial charge in [-0.1, -0.05) is 36.0 Å². The van der Waals surface area contributed by atoms with Crippen molar-refractivity contribution in [3.63, 3.8) is 0 Å². The van der Waals surface area contributed by atoms with Gasteiger partial charge in [0.1, 0.15) is 0 Å². The van der Waals surface area contributed by atoms with Gasteiger partial charge in [0.15, 0.2) is 5.16 Å². The van der Waals surface area contributed by atoms with E-state index >= 15 is 0 Å². The molecule has 6 nitrogen and oxygen atoms in total. The monoisotopic (exact) mass is 423 g/mol. The van der Waals surface area contributed by atoms with Gasteiger partial charge >= 0.3 is 5.97 Å². The van der Waals surface area contributed by atoms with Gasteiger partial charge in [0.2, 0.25) is 5.91 Å². The van der Waals surface area contributed by atoms with Crippen LogP contribution in [0.3, 0.4) is 0 Å². The highest BCUT2D eigenvalue weighted by molar-refractivity contribution is 7.99. The van der Waals surface area contributed by atoms with Crippen molar-refractivity contribution in [3.05, 3.63) is 77.1 Å². The first-order valence-corrected chi connectivity index (χ1v) is 10.6. The maximum Gasteiger partial charge on any atom is 0.337 e. The lowest BCUT2D eigenvalue weighted by molar-refractivity contribution is -0.118. The van der Waals surface area contributed by atoms with Gasteiger partial charge in [-0.3, -0.25) is 9.36 Å². The Morgan fingerprint density at radius 1 is 1.13 bits per heavy atom. The molecule has 0 saturated carbocycles. The number of rotatable bonds is 8. The van der Waals surface area contributed by atoms with E-state index in [-0.39, 0.29) is 11.9 Å². The smallest absolute Gasteiger partial charge is 0.337 e. The number of imidazole rings is 1. The van der Waals surface area contributed by atoms with Crippen molar-refractivity contribution in [2.24, 2.45) is 0 Å². The average molecular weight is 424 g/mol. The van der Waals surface area contributed by atoms with Gasteiger partial charge < -0.3 is 10.1 Å². The molecule has 1 N–H and O–H groups in total. The maximum atomic E-state index is 12.2. The summed E-state index contributed by atoms with van der Waals surface area (Å²) in [7, 11) is 1.36. The van der Waals surface area contributed by atoms with Crippen LogP contribution in [0.15, 0.2) is 60.0 Å². The van der Waals surface area contributed by atoms with Crippen LogP contribution in [0.25, 0.3) is 5.69 Å². The number of carbonyl (C=O) groups excluding carboxylic acids is 2. The van der Waals surface area contributed by atoms with Crippen LogP contribution in [0.5, 0.6) is 0 Å². The molecule has 0 radical (unpaired) electrons. The Hall–Kier alpha value is -3.06. The summed E-state index contributed by atoms with van der Waals surface area (Å²) >= 11 is 1.41. The summed E-state index contributed by atoms with van der Waals surface area (Å²) in [6, 6.07) is 13.4. The fourth-order valence-corrected chi connectivity index (χ4v) is 3.83. The molecule has 1 aromatic heterocycles. The summed E-state index contributed by atoms with van der Waals surface area (Å²) in [5, 5.41) is 3.72. The lowest BCUT2D eigenvalue weighted by atomic mass is 10.1. The summed E-state index contributed by atoms with van der Waals surface area (Å²) in [6.07, 6.45) is 4.36. The molecule has 0 fully saturated rings. The Kier molecular flexibility index (Phi) is 7.30. The summed E-state index contributed by atoms with van der Waals surface area (Å²) in [6.45, 7) is 4.70. The van der Waals surface area contributed by atoms with Crippen LogP contribution in [0.4, 0.5) is 0 Å². The number of benzene rings is 2. The first kappa shape index (κ1) is 21.6. The molecule has 0 unspecified atom stereocenters. The van der Waals surface area contributed by atoms with Crippen LogP contribution < -0.4 is 5.32 Å². The molecule has 0 aliphatic heterocycles. The standard InChI is InChI=1S/C23H25N3O3S/c1-16-5-4-6-20(17(16)2)26-14-13-25-23(26)30-15-21(27)24-12-11-18-7-9-19(10-8-18)22(28)29-3/h4-10,13-14H,11-12,15H2,1-3H3,(H,24,27). The van der Waals surface area contributed by atoms with Gasteiger partial charge in [0.25, 0.3) is 0 Å². The van der Waals surface area contributed by atoms with E-state index in [1.54, 1.807) is 18.3 Å². The maximum absolute atomic E-state index is 12.2. The van der Waals surface area contributed by atoms with Crippen LogP contribution in [0.2, 0.25) is 0 Å². The van der Waals surface area contributed by atoms with Crippen molar-refractivity contribution >= 4 is 23.6 Å². The number of nitrogens with zero attached hydrogens (tertiary/aromatic N) is 2. The zero-order chi connectivity index (χ0) is 21.5. The van der Waals surface area contributed by atoms with E-state index in [9.17, 15) is 9.59 Å². The number of carbonyl (C=O) groups is 2. The first-order chi connectivity index (χ1) is 14.5. The molecule has 0 saturated heterocycles.